The van der Waals surface area contributed by atoms with Gasteiger partial charge in [-0.2, -0.15) is 0 Å². The molecular weight excluding hydrogens is 152 g/mol. The molecule has 0 unspecified atom stereocenters. The first-order chi connectivity index (χ1) is 5.16. The molecule has 2 atom stereocenters. The van der Waals surface area contributed by atoms with E-state index in [0.29, 0.717) is 0 Å². The van der Waals surface area contributed by atoms with Gasteiger partial charge in [0.25, 0.3) is 0 Å². The number of nitrogens with zero attached hydrogens (tertiary/aromatic N) is 2. The fourth-order valence-corrected chi connectivity index (χ4v) is 1.14. The third kappa shape index (κ3) is 1.30. The van der Waals surface area contributed by atoms with E-state index < -0.39 is 18.1 Å². The van der Waals surface area contributed by atoms with Crippen LogP contribution < -0.4 is 0 Å². The normalized spacial score (nSPS) is 30.5. The van der Waals surface area contributed by atoms with Crippen molar-refractivity contribution in [3.63, 3.8) is 0 Å². The van der Waals surface area contributed by atoms with Gasteiger partial charge in [-0.1, -0.05) is 0 Å². The summed E-state index contributed by atoms with van der Waals surface area (Å²) in [6, 6.07) is -1.16. The van der Waals surface area contributed by atoms with Crippen LogP contribution in [-0.4, -0.2) is 39.9 Å². The van der Waals surface area contributed by atoms with Gasteiger partial charge in [0.2, 0.25) is 0 Å². The van der Waals surface area contributed by atoms with Crippen LogP contribution in [0.15, 0.2) is 5.29 Å². The van der Waals surface area contributed by atoms with Crippen molar-refractivity contribution < 1.29 is 15.0 Å². The lowest BCUT2D eigenvalue weighted by Gasteiger charge is -2.14. The summed E-state index contributed by atoms with van der Waals surface area (Å²) in [5, 5.41) is 20.8. The SMILES string of the molecule is O=NN1CC[C@@H](O)[C@@H]1C(=O)O. The van der Waals surface area contributed by atoms with Crippen molar-refractivity contribution in [2.45, 2.75) is 18.6 Å². The van der Waals surface area contributed by atoms with E-state index in [1.54, 1.807) is 0 Å². The van der Waals surface area contributed by atoms with Crippen molar-refractivity contribution in [2.24, 2.45) is 5.29 Å². The van der Waals surface area contributed by atoms with Crippen LogP contribution in [0.25, 0.3) is 0 Å². The quantitative estimate of drug-likeness (QED) is 0.515. The van der Waals surface area contributed by atoms with Gasteiger partial charge in [0.05, 0.1) is 11.4 Å². The molecule has 1 aliphatic heterocycles. The predicted molar refractivity (Wildman–Crippen MR) is 34.5 cm³/mol. The number of rotatable bonds is 2. The monoisotopic (exact) mass is 160 g/mol. The second-order valence-corrected chi connectivity index (χ2v) is 2.38. The number of carboxylic acids is 1. The number of hydrogen-bond donors (Lipinski definition) is 2. The lowest BCUT2D eigenvalue weighted by molar-refractivity contribution is -0.145. The van der Waals surface area contributed by atoms with Crippen LogP contribution in [0.3, 0.4) is 0 Å². The molecule has 0 saturated carbocycles. The van der Waals surface area contributed by atoms with Crippen molar-refractivity contribution in [3.05, 3.63) is 4.91 Å². The van der Waals surface area contributed by atoms with Gasteiger partial charge in [-0.3, -0.25) is 0 Å². The zero-order valence-corrected chi connectivity index (χ0v) is 5.67. The lowest BCUT2D eigenvalue weighted by Crippen LogP contribution is -2.38. The summed E-state index contributed by atoms with van der Waals surface area (Å²) in [6.07, 6.45) is -0.701. The van der Waals surface area contributed by atoms with Crippen molar-refractivity contribution in [3.8, 4) is 0 Å². The molecule has 0 aromatic rings. The van der Waals surface area contributed by atoms with Crippen molar-refractivity contribution in [1.29, 1.82) is 0 Å². The fraction of sp³-hybridized carbons (Fsp3) is 0.800. The average molecular weight is 160 g/mol. The Balaban J connectivity index is 2.70. The molecule has 0 aromatic heterocycles. The summed E-state index contributed by atoms with van der Waals surface area (Å²) in [5.74, 6) is -1.21. The van der Waals surface area contributed by atoms with E-state index in [2.05, 4.69) is 5.29 Å². The molecule has 1 heterocycles. The number of aliphatic carboxylic acids is 1. The Hall–Kier alpha value is -1.17. The first-order valence-electron chi connectivity index (χ1n) is 3.17. The average Bonchev–Trinajstić information content (AvgIpc) is 2.30. The molecule has 11 heavy (non-hydrogen) atoms. The first kappa shape index (κ1) is 7.93. The Morgan fingerprint density at radius 1 is 1.64 bits per heavy atom. The van der Waals surface area contributed by atoms with E-state index in [1.807, 2.05) is 0 Å². The Morgan fingerprint density at radius 3 is 2.64 bits per heavy atom. The minimum atomic E-state index is -1.21. The van der Waals surface area contributed by atoms with Crippen LogP contribution in [-0.2, 0) is 4.79 Å². The minimum absolute atomic E-state index is 0.210. The molecular formula is C5H8N2O4. The van der Waals surface area contributed by atoms with E-state index in [4.69, 9.17) is 10.2 Å². The van der Waals surface area contributed by atoms with E-state index in [9.17, 15) is 9.70 Å². The maximum atomic E-state index is 10.4. The lowest BCUT2D eigenvalue weighted by atomic mass is 10.2. The Kier molecular flexibility index (Phi) is 2.04. The third-order valence-corrected chi connectivity index (χ3v) is 1.70. The maximum absolute atomic E-state index is 10.4. The Morgan fingerprint density at radius 2 is 2.27 bits per heavy atom. The fourth-order valence-electron chi connectivity index (χ4n) is 1.14. The number of carbonyl (C=O) groups is 1. The zero-order chi connectivity index (χ0) is 8.43. The van der Waals surface area contributed by atoms with E-state index in [1.165, 1.54) is 0 Å². The second kappa shape index (κ2) is 2.83. The van der Waals surface area contributed by atoms with Gasteiger partial charge in [-0.15, -0.1) is 4.91 Å². The Bertz CT molecular complexity index is 183. The van der Waals surface area contributed by atoms with Gasteiger partial charge in [0.15, 0.2) is 6.04 Å². The highest BCUT2D eigenvalue weighted by Crippen LogP contribution is 2.17. The van der Waals surface area contributed by atoms with E-state index in [-0.39, 0.29) is 13.0 Å². The second-order valence-electron chi connectivity index (χ2n) is 2.38. The maximum Gasteiger partial charge on any atom is 0.330 e. The van der Waals surface area contributed by atoms with Gasteiger partial charge >= 0.3 is 5.97 Å². The summed E-state index contributed by atoms with van der Waals surface area (Å²) in [7, 11) is 0. The molecule has 0 radical (unpaired) electrons. The molecule has 1 rings (SSSR count). The molecule has 2 N–H and O–H groups in total. The standard InChI is InChI=1S/C5H8N2O4/c8-3-1-2-7(6-11)4(3)5(9)10/h3-4,8H,1-2H2,(H,9,10)/t3-,4-/m1/s1. The van der Waals surface area contributed by atoms with Gasteiger partial charge in [0, 0.05) is 6.54 Å². The van der Waals surface area contributed by atoms with Crippen LogP contribution in [0.4, 0.5) is 0 Å². The number of nitroso groups, excluding NO2 is 1. The Labute approximate surface area is 62.4 Å². The molecule has 62 valence electrons. The molecule has 0 bridgehead atoms. The molecule has 0 amide bonds. The number of carboxylic acid groups (broad SMARTS) is 1. The molecule has 1 fully saturated rings. The highest BCUT2D eigenvalue weighted by atomic mass is 16.4. The minimum Gasteiger partial charge on any atom is -0.480 e. The summed E-state index contributed by atoms with van der Waals surface area (Å²) in [5.41, 5.74) is 0. The molecule has 0 aliphatic carbocycles. The smallest absolute Gasteiger partial charge is 0.330 e. The first-order valence-corrected chi connectivity index (χ1v) is 3.17. The molecule has 0 aromatic carbocycles. The summed E-state index contributed by atoms with van der Waals surface area (Å²) in [4.78, 5) is 20.3. The topological polar surface area (TPSA) is 90.2 Å². The van der Waals surface area contributed by atoms with Gasteiger partial charge in [0.1, 0.15) is 0 Å². The van der Waals surface area contributed by atoms with E-state index in [0.717, 1.165) is 5.01 Å². The van der Waals surface area contributed by atoms with Crippen LogP contribution >= 0.6 is 0 Å². The van der Waals surface area contributed by atoms with Crippen LogP contribution in [0.1, 0.15) is 6.42 Å². The molecule has 0 spiro atoms. The third-order valence-electron chi connectivity index (χ3n) is 1.70. The zero-order valence-electron chi connectivity index (χ0n) is 5.67. The van der Waals surface area contributed by atoms with Gasteiger partial charge in [-0.05, 0) is 6.42 Å². The molecule has 1 saturated heterocycles. The van der Waals surface area contributed by atoms with Crippen molar-refractivity contribution in [2.75, 3.05) is 6.54 Å². The van der Waals surface area contributed by atoms with Gasteiger partial charge < -0.3 is 10.2 Å². The summed E-state index contributed by atoms with van der Waals surface area (Å²) in [6.45, 7) is 0.210. The summed E-state index contributed by atoms with van der Waals surface area (Å²) < 4.78 is 0. The van der Waals surface area contributed by atoms with Crippen LogP contribution in [0.5, 0.6) is 0 Å². The number of aliphatic hydroxyl groups excluding tert-OH is 1. The molecule has 6 heteroatoms. The highest BCUT2D eigenvalue weighted by Gasteiger charge is 2.38. The molecule has 6 nitrogen and oxygen atoms in total. The largest absolute Gasteiger partial charge is 0.480 e. The van der Waals surface area contributed by atoms with Gasteiger partial charge in [-0.25, -0.2) is 9.80 Å². The van der Waals surface area contributed by atoms with Crippen LogP contribution in [0, 0.1) is 4.91 Å². The van der Waals surface area contributed by atoms with Crippen molar-refractivity contribution >= 4 is 5.97 Å². The highest BCUT2D eigenvalue weighted by molar-refractivity contribution is 5.74. The number of hydrogen-bond acceptors (Lipinski definition) is 4. The predicted octanol–water partition coefficient (Wildman–Crippen LogP) is -0.812. The number of aliphatic hydroxyl groups is 1. The van der Waals surface area contributed by atoms with Crippen LogP contribution in [0.2, 0.25) is 0 Å². The van der Waals surface area contributed by atoms with E-state index >= 15 is 0 Å². The molecule has 1 aliphatic rings. The van der Waals surface area contributed by atoms with Crippen molar-refractivity contribution in [1.82, 2.24) is 5.01 Å². The summed E-state index contributed by atoms with van der Waals surface area (Å²) >= 11 is 0.